The minimum absolute atomic E-state index is 0.0872. The van der Waals surface area contributed by atoms with Crippen molar-refractivity contribution >= 4 is 33.8 Å². The molecule has 27 heavy (non-hydrogen) atoms. The highest BCUT2D eigenvalue weighted by Gasteiger charge is 2.22. The molecule has 2 aromatic carbocycles. The Morgan fingerprint density at radius 2 is 1.96 bits per heavy atom. The molecule has 1 atom stereocenters. The van der Waals surface area contributed by atoms with Gasteiger partial charge in [0.1, 0.15) is 0 Å². The molecule has 4 aromatic rings. The van der Waals surface area contributed by atoms with Crippen LogP contribution in [0.3, 0.4) is 0 Å². The standard InChI is InChI=1S/C19H14N4O3S/c24-19(18-14-11-13(23(25)26)8-9-15(14)21-22-18)20-17(16-7-4-10-27-16)12-5-2-1-3-6-12/h1-11,17H,(H,20,24)(H,21,22)/t17-/m1/s1. The van der Waals surface area contributed by atoms with Crippen molar-refractivity contribution < 1.29 is 9.72 Å². The normalized spacial score (nSPS) is 12.0. The lowest BCUT2D eigenvalue weighted by Crippen LogP contribution is -2.29. The van der Waals surface area contributed by atoms with Crippen LogP contribution in [0, 0.1) is 10.1 Å². The number of hydrogen-bond donors (Lipinski definition) is 2. The topological polar surface area (TPSA) is 101 Å². The van der Waals surface area contributed by atoms with Gasteiger partial charge in [-0.15, -0.1) is 11.3 Å². The molecule has 0 bridgehead atoms. The Bertz CT molecular complexity index is 1110. The van der Waals surface area contributed by atoms with Gasteiger partial charge in [-0.1, -0.05) is 36.4 Å². The number of hydrogen-bond acceptors (Lipinski definition) is 5. The molecule has 2 aromatic heterocycles. The largest absolute Gasteiger partial charge is 0.339 e. The van der Waals surface area contributed by atoms with Gasteiger partial charge in [0.05, 0.1) is 16.5 Å². The van der Waals surface area contributed by atoms with Crippen LogP contribution < -0.4 is 5.32 Å². The zero-order valence-electron chi connectivity index (χ0n) is 14.0. The Balaban J connectivity index is 1.70. The van der Waals surface area contributed by atoms with Crippen molar-refractivity contribution in [3.05, 3.63) is 92.3 Å². The van der Waals surface area contributed by atoms with Crippen LogP contribution in [0.2, 0.25) is 0 Å². The summed E-state index contributed by atoms with van der Waals surface area (Å²) in [5.41, 5.74) is 1.55. The van der Waals surface area contributed by atoms with Crippen LogP contribution in [0.1, 0.15) is 27.0 Å². The predicted octanol–water partition coefficient (Wildman–Crippen LogP) is 4.05. The van der Waals surface area contributed by atoms with Crippen LogP contribution in [0.4, 0.5) is 5.69 Å². The average molecular weight is 378 g/mol. The molecule has 0 aliphatic rings. The van der Waals surface area contributed by atoms with Crippen molar-refractivity contribution in [3.8, 4) is 0 Å². The molecule has 1 amide bonds. The predicted molar refractivity (Wildman–Crippen MR) is 103 cm³/mol. The Kier molecular flexibility index (Phi) is 4.39. The van der Waals surface area contributed by atoms with E-state index >= 15 is 0 Å². The molecule has 8 heteroatoms. The summed E-state index contributed by atoms with van der Waals surface area (Å²) in [5, 5.41) is 23.2. The van der Waals surface area contributed by atoms with E-state index in [-0.39, 0.29) is 17.4 Å². The molecule has 0 aliphatic heterocycles. The summed E-state index contributed by atoms with van der Waals surface area (Å²) in [4.78, 5) is 24.5. The van der Waals surface area contributed by atoms with E-state index in [9.17, 15) is 14.9 Å². The summed E-state index contributed by atoms with van der Waals surface area (Å²) in [7, 11) is 0. The smallest absolute Gasteiger partial charge is 0.273 e. The van der Waals surface area contributed by atoms with Gasteiger partial charge < -0.3 is 5.32 Å². The van der Waals surface area contributed by atoms with Crippen LogP contribution in [-0.4, -0.2) is 21.0 Å². The quantitative estimate of drug-likeness (QED) is 0.404. The number of aromatic nitrogens is 2. The molecule has 0 saturated carbocycles. The number of benzene rings is 2. The monoisotopic (exact) mass is 378 g/mol. The van der Waals surface area contributed by atoms with E-state index in [0.29, 0.717) is 10.9 Å². The minimum Gasteiger partial charge on any atom is -0.339 e. The van der Waals surface area contributed by atoms with Gasteiger partial charge in [-0.05, 0) is 23.1 Å². The molecular formula is C19H14N4O3S. The Labute approximate surface area is 157 Å². The first-order chi connectivity index (χ1) is 13.1. The number of H-pyrrole nitrogens is 1. The van der Waals surface area contributed by atoms with Gasteiger partial charge in [0.25, 0.3) is 11.6 Å². The fraction of sp³-hybridized carbons (Fsp3) is 0.0526. The lowest BCUT2D eigenvalue weighted by atomic mass is 10.0. The summed E-state index contributed by atoms with van der Waals surface area (Å²) in [5.74, 6) is -0.399. The van der Waals surface area contributed by atoms with Crippen molar-refractivity contribution in [2.24, 2.45) is 0 Å². The number of rotatable bonds is 5. The second-order valence-electron chi connectivity index (χ2n) is 5.89. The number of fused-ring (bicyclic) bond motifs is 1. The first kappa shape index (κ1) is 16.9. The third-order valence-corrected chi connectivity index (χ3v) is 5.15. The van der Waals surface area contributed by atoms with E-state index in [1.165, 1.54) is 12.1 Å². The molecule has 0 aliphatic carbocycles. The molecule has 0 spiro atoms. The molecule has 4 rings (SSSR count). The Hall–Kier alpha value is -3.52. The van der Waals surface area contributed by atoms with E-state index in [1.807, 2.05) is 47.8 Å². The van der Waals surface area contributed by atoms with Crippen LogP contribution >= 0.6 is 11.3 Å². The SMILES string of the molecule is O=C(N[C@H](c1ccccc1)c1cccs1)c1n[nH]c2ccc([N+](=O)[O-])cc12. The van der Waals surface area contributed by atoms with Crippen LogP contribution in [0.25, 0.3) is 10.9 Å². The summed E-state index contributed by atoms with van der Waals surface area (Å²) in [6.45, 7) is 0. The summed E-state index contributed by atoms with van der Waals surface area (Å²) in [6.07, 6.45) is 0. The molecule has 2 N–H and O–H groups in total. The fourth-order valence-electron chi connectivity index (χ4n) is 2.91. The fourth-order valence-corrected chi connectivity index (χ4v) is 3.71. The second-order valence-corrected chi connectivity index (χ2v) is 6.87. The molecule has 0 unspecified atom stereocenters. The van der Waals surface area contributed by atoms with E-state index < -0.39 is 10.8 Å². The molecule has 0 fully saturated rings. The summed E-state index contributed by atoms with van der Waals surface area (Å²) >= 11 is 1.54. The highest BCUT2D eigenvalue weighted by molar-refractivity contribution is 7.10. The van der Waals surface area contributed by atoms with E-state index in [2.05, 4.69) is 15.5 Å². The lowest BCUT2D eigenvalue weighted by Gasteiger charge is -2.17. The van der Waals surface area contributed by atoms with E-state index in [4.69, 9.17) is 0 Å². The first-order valence-corrected chi connectivity index (χ1v) is 9.03. The highest BCUT2D eigenvalue weighted by atomic mass is 32.1. The molecule has 7 nitrogen and oxygen atoms in total. The number of amides is 1. The number of non-ortho nitro benzene ring substituents is 1. The van der Waals surface area contributed by atoms with Gasteiger partial charge in [-0.25, -0.2) is 0 Å². The average Bonchev–Trinajstić information content (AvgIpc) is 3.36. The first-order valence-electron chi connectivity index (χ1n) is 8.15. The number of aromatic amines is 1. The van der Waals surface area contributed by atoms with Crippen molar-refractivity contribution in [2.75, 3.05) is 0 Å². The Morgan fingerprint density at radius 3 is 2.67 bits per heavy atom. The van der Waals surface area contributed by atoms with Gasteiger partial charge in [0.15, 0.2) is 5.69 Å². The van der Waals surface area contributed by atoms with Crippen LogP contribution in [-0.2, 0) is 0 Å². The maximum atomic E-state index is 12.9. The van der Waals surface area contributed by atoms with Crippen molar-refractivity contribution in [1.82, 2.24) is 15.5 Å². The van der Waals surface area contributed by atoms with Gasteiger partial charge in [0, 0.05) is 22.4 Å². The highest BCUT2D eigenvalue weighted by Crippen LogP contribution is 2.27. The minimum atomic E-state index is -0.494. The molecule has 2 heterocycles. The second kappa shape index (κ2) is 7.00. The number of carbonyl (C=O) groups is 1. The zero-order valence-corrected chi connectivity index (χ0v) is 14.8. The molecular weight excluding hydrogens is 364 g/mol. The number of carbonyl (C=O) groups excluding carboxylic acids is 1. The maximum Gasteiger partial charge on any atom is 0.273 e. The molecule has 0 saturated heterocycles. The number of nitro groups is 1. The third kappa shape index (κ3) is 3.30. The zero-order chi connectivity index (χ0) is 18.8. The van der Waals surface area contributed by atoms with Gasteiger partial charge in [-0.2, -0.15) is 5.10 Å². The van der Waals surface area contributed by atoms with Crippen LogP contribution in [0.15, 0.2) is 66.0 Å². The number of nitrogens with zero attached hydrogens (tertiary/aromatic N) is 2. The summed E-state index contributed by atoms with van der Waals surface area (Å²) in [6, 6.07) is 17.5. The van der Waals surface area contributed by atoms with Crippen molar-refractivity contribution in [1.29, 1.82) is 0 Å². The maximum absolute atomic E-state index is 12.9. The van der Waals surface area contributed by atoms with Crippen molar-refractivity contribution in [2.45, 2.75) is 6.04 Å². The molecule has 0 radical (unpaired) electrons. The third-order valence-electron chi connectivity index (χ3n) is 4.21. The van der Waals surface area contributed by atoms with Gasteiger partial charge >= 0.3 is 0 Å². The van der Waals surface area contributed by atoms with Crippen molar-refractivity contribution in [3.63, 3.8) is 0 Å². The lowest BCUT2D eigenvalue weighted by molar-refractivity contribution is -0.384. The van der Waals surface area contributed by atoms with Gasteiger partial charge in [-0.3, -0.25) is 20.0 Å². The number of thiophene rings is 1. The number of nitro benzene ring substituents is 1. The molecule has 134 valence electrons. The van der Waals surface area contributed by atoms with Crippen LogP contribution in [0.5, 0.6) is 0 Å². The number of nitrogens with one attached hydrogen (secondary N) is 2. The Morgan fingerprint density at radius 1 is 1.15 bits per heavy atom. The summed E-state index contributed by atoms with van der Waals surface area (Å²) < 4.78 is 0. The van der Waals surface area contributed by atoms with Gasteiger partial charge in [0.2, 0.25) is 0 Å². The van der Waals surface area contributed by atoms with E-state index in [1.54, 1.807) is 17.4 Å². The van der Waals surface area contributed by atoms with E-state index in [0.717, 1.165) is 10.4 Å².